The van der Waals surface area contributed by atoms with Crippen LogP contribution in [0.15, 0.2) is 48.5 Å². The van der Waals surface area contributed by atoms with Gasteiger partial charge in [0.2, 0.25) is 0 Å². The van der Waals surface area contributed by atoms with Crippen LogP contribution in [0.25, 0.3) is 0 Å². The highest BCUT2D eigenvalue weighted by Gasteiger charge is 2.13. The molecule has 0 radical (unpaired) electrons. The van der Waals surface area contributed by atoms with E-state index in [1.807, 2.05) is 6.07 Å². The van der Waals surface area contributed by atoms with Gasteiger partial charge in [-0.3, -0.25) is 0 Å². The highest BCUT2D eigenvalue weighted by Crippen LogP contribution is 2.27. The molecule has 0 spiro atoms. The van der Waals surface area contributed by atoms with E-state index in [1.165, 1.54) is 41.6 Å². The van der Waals surface area contributed by atoms with E-state index in [4.69, 9.17) is 12.2 Å². The maximum atomic E-state index is 5.43. The Balaban J connectivity index is 1.54. The molecule has 0 unspecified atom stereocenters. The van der Waals surface area contributed by atoms with Gasteiger partial charge in [0.25, 0.3) is 0 Å². The Morgan fingerprint density at radius 3 is 2.64 bits per heavy atom. The van der Waals surface area contributed by atoms with Crippen molar-refractivity contribution in [2.75, 3.05) is 11.9 Å². The van der Waals surface area contributed by atoms with Crippen molar-refractivity contribution in [2.24, 2.45) is 0 Å². The first-order valence-electron chi connectivity index (χ1n) is 8.02. The number of aryl methyl sites for hydroxylation is 1. The van der Waals surface area contributed by atoms with Crippen LogP contribution in [0.2, 0.25) is 0 Å². The summed E-state index contributed by atoms with van der Waals surface area (Å²) in [6, 6.07) is 17.0. The predicted molar refractivity (Wildman–Crippen MR) is 97.5 cm³/mol. The van der Waals surface area contributed by atoms with Gasteiger partial charge in [0.05, 0.1) is 0 Å². The number of rotatable bonds is 4. The summed E-state index contributed by atoms with van der Waals surface area (Å²) in [6.07, 6.45) is 5.91. The van der Waals surface area contributed by atoms with Crippen molar-refractivity contribution in [2.45, 2.75) is 32.1 Å². The number of thiocarbonyl (C=S) groups is 1. The molecule has 0 amide bonds. The van der Waals surface area contributed by atoms with Crippen molar-refractivity contribution in [1.29, 1.82) is 0 Å². The van der Waals surface area contributed by atoms with Gasteiger partial charge >= 0.3 is 0 Å². The molecule has 0 saturated heterocycles. The predicted octanol–water partition coefficient (Wildman–Crippen LogP) is 4.09. The largest absolute Gasteiger partial charge is 0.362 e. The van der Waals surface area contributed by atoms with Crippen LogP contribution in [0.4, 0.5) is 5.69 Å². The van der Waals surface area contributed by atoms with Crippen LogP contribution in [0, 0.1) is 0 Å². The SMILES string of the molecule is S=C(NCCc1ccccc1)Nc1cccc2c1CCCC2. The summed E-state index contributed by atoms with van der Waals surface area (Å²) in [5.74, 6) is 0. The quantitative estimate of drug-likeness (QED) is 0.832. The monoisotopic (exact) mass is 310 g/mol. The van der Waals surface area contributed by atoms with Gasteiger partial charge in [0.1, 0.15) is 0 Å². The van der Waals surface area contributed by atoms with Gasteiger partial charge in [-0.05, 0) is 67.1 Å². The van der Waals surface area contributed by atoms with Crippen LogP contribution in [0.5, 0.6) is 0 Å². The topological polar surface area (TPSA) is 24.1 Å². The standard InChI is InChI=1S/C19H22N2S/c22-19(20-14-13-15-7-2-1-3-8-15)21-18-12-6-10-16-9-4-5-11-17(16)18/h1-3,6-8,10,12H,4-5,9,11,13-14H2,(H2,20,21,22). The lowest BCUT2D eigenvalue weighted by molar-refractivity contribution is 0.687. The number of fused-ring (bicyclic) bond motifs is 1. The molecular weight excluding hydrogens is 288 g/mol. The lowest BCUT2D eigenvalue weighted by Crippen LogP contribution is -2.30. The second kappa shape index (κ2) is 7.41. The molecule has 2 N–H and O–H groups in total. The summed E-state index contributed by atoms with van der Waals surface area (Å²) >= 11 is 5.43. The molecule has 114 valence electrons. The average molecular weight is 310 g/mol. The van der Waals surface area contributed by atoms with E-state index < -0.39 is 0 Å². The molecular formula is C19H22N2S. The van der Waals surface area contributed by atoms with Gasteiger partial charge in [0.15, 0.2) is 5.11 Å². The van der Waals surface area contributed by atoms with Gasteiger partial charge in [0, 0.05) is 12.2 Å². The molecule has 22 heavy (non-hydrogen) atoms. The fourth-order valence-electron chi connectivity index (χ4n) is 3.03. The molecule has 0 aromatic heterocycles. The fraction of sp³-hybridized carbons (Fsp3) is 0.316. The summed E-state index contributed by atoms with van der Waals surface area (Å²) in [4.78, 5) is 0. The number of hydrogen-bond acceptors (Lipinski definition) is 1. The molecule has 1 aliphatic carbocycles. The van der Waals surface area contributed by atoms with E-state index in [0.717, 1.165) is 24.5 Å². The molecule has 2 aromatic rings. The van der Waals surface area contributed by atoms with Crippen molar-refractivity contribution in [3.05, 3.63) is 65.2 Å². The molecule has 3 rings (SSSR count). The molecule has 0 atom stereocenters. The van der Waals surface area contributed by atoms with Crippen LogP contribution in [0.1, 0.15) is 29.5 Å². The Kier molecular flexibility index (Phi) is 5.07. The highest BCUT2D eigenvalue weighted by atomic mass is 32.1. The zero-order chi connectivity index (χ0) is 15.2. The number of nitrogens with one attached hydrogen (secondary N) is 2. The molecule has 3 heteroatoms. The molecule has 2 nitrogen and oxygen atoms in total. The lowest BCUT2D eigenvalue weighted by atomic mass is 9.90. The van der Waals surface area contributed by atoms with Crippen LogP contribution < -0.4 is 10.6 Å². The van der Waals surface area contributed by atoms with E-state index >= 15 is 0 Å². The minimum Gasteiger partial charge on any atom is -0.362 e. The van der Waals surface area contributed by atoms with E-state index in [0.29, 0.717) is 0 Å². The third-order valence-electron chi connectivity index (χ3n) is 4.19. The van der Waals surface area contributed by atoms with Crippen molar-refractivity contribution in [3.8, 4) is 0 Å². The first-order chi connectivity index (χ1) is 10.8. The van der Waals surface area contributed by atoms with Gasteiger partial charge in [-0.1, -0.05) is 42.5 Å². The Morgan fingerprint density at radius 2 is 1.77 bits per heavy atom. The maximum absolute atomic E-state index is 5.43. The second-order valence-corrected chi connectivity index (χ2v) is 6.18. The Hall–Kier alpha value is -1.87. The van der Waals surface area contributed by atoms with Crippen LogP contribution in [-0.2, 0) is 19.3 Å². The average Bonchev–Trinajstić information content (AvgIpc) is 2.56. The minimum atomic E-state index is 0.718. The zero-order valence-corrected chi connectivity index (χ0v) is 13.6. The number of anilines is 1. The first-order valence-corrected chi connectivity index (χ1v) is 8.43. The van der Waals surface area contributed by atoms with Crippen molar-refractivity contribution < 1.29 is 0 Å². The Morgan fingerprint density at radius 1 is 0.955 bits per heavy atom. The second-order valence-electron chi connectivity index (χ2n) is 5.77. The lowest BCUT2D eigenvalue weighted by Gasteiger charge is -2.20. The molecule has 0 saturated carbocycles. The molecule has 0 fully saturated rings. The Labute approximate surface area is 137 Å². The van der Waals surface area contributed by atoms with Crippen molar-refractivity contribution in [1.82, 2.24) is 5.32 Å². The van der Waals surface area contributed by atoms with E-state index in [1.54, 1.807) is 0 Å². The van der Waals surface area contributed by atoms with E-state index in [9.17, 15) is 0 Å². The van der Waals surface area contributed by atoms with Gasteiger partial charge < -0.3 is 10.6 Å². The smallest absolute Gasteiger partial charge is 0.170 e. The molecule has 0 heterocycles. The summed E-state index contributed by atoms with van der Waals surface area (Å²) in [7, 11) is 0. The van der Waals surface area contributed by atoms with Crippen molar-refractivity contribution >= 4 is 23.0 Å². The normalized spacial score (nSPS) is 13.3. The first kappa shape index (κ1) is 15.0. The summed E-state index contributed by atoms with van der Waals surface area (Å²) in [6.45, 7) is 0.852. The Bertz CT molecular complexity index is 637. The number of hydrogen-bond donors (Lipinski definition) is 2. The number of benzene rings is 2. The molecule has 1 aliphatic rings. The fourth-order valence-corrected chi connectivity index (χ4v) is 3.24. The third-order valence-corrected chi connectivity index (χ3v) is 4.43. The zero-order valence-electron chi connectivity index (χ0n) is 12.8. The minimum absolute atomic E-state index is 0.718. The third kappa shape index (κ3) is 3.86. The van der Waals surface area contributed by atoms with Crippen molar-refractivity contribution in [3.63, 3.8) is 0 Å². The highest BCUT2D eigenvalue weighted by molar-refractivity contribution is 7.80. The molecule has 0 bridgehead atoms. The van der Waals surface area contributed by atoms with E-state index in [-0.39, 0.29) is 0 Å². The summed E-state index contributed by atoms with van der Waals surface area (Å²) < 4.78 is 0. The van der Waals surface area contributed by atoms with Crippen LogP contribution in [-0.4, -0.2) is 11.7 Å². The maximum Gasteiger partial charge on any atom is 0.170 e. The molecule has 2 aromatic carbocycles. The van der Waals surface area contributed by atoms with Crippen LogP contribution >= 0.6 is 12.2 Å². The van der Waals surface area contributed by atoms with Gasteiger partial charge in [-0.15, -0.1) is 0 Å². The van der Waals surface area contributed by atoms with Gasteiger partial charge in [-0.2, -0.15) is 0 Å². The molecule has 0 aliphatic heterocycles. The summed E-state index contributed by atoms with van der Waals surface area (Å²) in [5.41, 5.74) is 5.42. The van der Waals surface area contributed by atoms with E-state index in [2.05, 4.69) is 53.1 Å². The summed E-state index contributed by atoms with van der Waals surface area (Å²) in [5, 5.41) is 7.40. The van der Waals surface area contributed by atoms with Gasteiger partial charge in [-0.25, -0.2) is 0 Å². The van der Waals surface area contributed by atoms with Crippen LogP contribution in [0.3, 0.4) is 0 Å².